The Morgan fingerprint density at radius 1 is 0.538 bits per heavy atom. The van der Waals surface area contributed by atoms with Crippen LogP contribution < -0.4 is 21.3 Å². The van der Waals surface area contributed by atoms with Crippen LogP contribution in [-0.2, 0) is 9.47 Å². The number of rotatable bonds is 6. The lowest BCUT2D eigenvalue weighted by atomic mass is 9.98. The minimum Gasteiger partial charge on any atom is -0.444 e. The van der Waals surface area contributed by atoms with E-state index in [1.54, 1.807) is 0 Å². The van der Waals surface area contributed by atoms with Crippen molar-refractivity contribution in [2.24, 2.45) is 0 Å². The van der Waals surface area contributed by atoms with Crippen LogP contribution in [0.2, 0.25) is 0 Å². The molecule has 2 fully saturated rings. The third-order valence-corrected chi connectivity index (χ3v) is 10.0. The number of hydrogen-bond donors (Lipinski definition) is 4. The molecule has 2 unspecified atom stereocenters. The molecular weight excluding hydrogens is 652 g/mol. The summed E-state index contributed by atoms with van der Waals surface area (Å²) < 4.78 is 11.3. The van der Waals surface area contributed by atoms with Crippen LogP contribution in [0.15, 0.2) is 85.2 Å². The highest BCUT2D eigenvalue weighted by atomic mass is 16.6. The maximum atomic E-state index is 12.8. The summed E-state index contributed by atoms with van der Waals surface area (Å²) in [4.78, 5) is 29.4. The Kier molecular flexibility index (Phi) is 9.59. The van der Waals surface area contributed by atoms with Gasteiger partial charge in [-0.2, -0.15) is 0 Å². The number of benzene rings is 3. The first kappa shape index (κ1) is 35.3. The molecule has 10 heteroatoms. The fraction of sp³-hybridized carbons (Fsp3) is 0.429. The molecule has 274 valence electrons. The van der Waals surface area contributed by atoms with Crippen molar-refractivity contribution in [3.8, 4) is 22.3 Å². The molecule has 0 aromatic heterocycles. The molecular formula is C42H52N6O4. The second-order valence-corrected chi connectivity index (χ2v) is 16.2. The van der Waals surface area contributed by atoms with Gasteiger partial charge >= 0.3 is 12.2 Å². The van der Waals surface area contributed by atoms with E-state index in [4.69, 9.17) is 9.47 Å². The van der Waals surface area contributed by atoms with Gasteiger partial charge < -0.3 is 40.5 Å². The Morgan fingerprint density at radius 3 is 1.15 bits per heavy atom. The highest BCUT2D eigenvalue weighted by molar-refractivity contribution is 5.75. The van der Waals surface area contributed by atoms with E-state index in [1.807, 2.05) is 63.7 Å². The number of likely N-dealkylation sites (tertiary alicyclic amines) is 2. The van der Waals surface area contributed by atoms with Gasteiger partial charge in [0, 0.05) is 25.5 Å². The molecule has 0 radical (unpaired) electrons. The molecule has 4 N–H and O–H groups in total. The average molecular weight is 705 g/mol. The molecule has 10 nitrogen and oxygen atoms in total. The summed E-state index contributed by atoms with van der Waals surface area (Å²) >= 11 is 0. The molecule has 3 aromatic rings. The Hall–Kier alpha value is -5.12. The van der Waals surface area contributed by atoms with Crippen molar-refractivity contribution >= 4 is 23.6 Å². The lowest BCUT2D eigenvalue weighted by molar-refractivity contribution is 0.0186. The lowest BCUT2D eigenvalue weighted by Gasteiger charge is -2.32. The minimum atomic E-state index is -0.516. The van der Waals surface area contributed by atoms with Gasteiger partial charge in [0.05, 0.1) is 23.5 Å². The molecule has 4 heterocycles. The van der Waals surface area contributed by atoms with Crippen molar-refractivity contribution in [1.82, 2.24) is 31.1 Å². The summed E-state index contributed by atoms with van der Waals surface area (Å²) in [5.74, 6) is 0. The molecule has 7 rings (SSSR count). The molecule has 3 aromatic carbocycles. The van der Waals surface area contributed by atoms with E-state index < -0.39 is 11.2 Å². The standard InChI is InChI=1S/C42H52N6O4/c1-41(2,3)51-39(49)47-23-7-9-35(47)37-43-25-33(45-37)31-19-15-29(16-20-31)27-11-13-28(14-12-27)30-17-21-32(22-18-30)34-26-44-38(46-34)36-10-8-24-48(36)40(50)52-42(4,5)6/h11-22,25-26,35-38,43-46H,7-10,23-24H2,1-6H3/t35-,36-,37?,38?/m0/s1. The molecule has 2 amide bonds. The Balaban J connectivity index is 0.931. The van der Waals surface area contributed by atoms with Crippen molar-refractivity contribution in [2.45, 2.75) is 103 Å². The monoisotopic (exact) mass is 704 g/mol. The second-order valence-electron chi connectivity index (χ2n) is 16.2. The number of amides is 2. The number of nitrogens with one attached hydrogen (secondary N) is 4. The second kappa shape index (κ2) is 14.1. The zero-order valence-electron chi connectivity index (χ0n) is 31.2. The van der Waals surface area contributed by atoms with E-state index in [-0.39, 0.29) is 36.6 Å². The van der Waals surface area contributed by atoms with E-state index in [1.165, 1.54) is 0 Å². The summed E-state index contributed by atoms with van der Waals surface area (Å²) in [5.41, 5.74) is 7.79. The van der Waals surface area contributed by atoms with Crippen LogP contribution in [0.3, 0.4) is 0 Å². The summed E-state index contributed by atoms with van der Waals surface area (Å²) in [6.07, 6.45) is 7.18. The fourth-order valence-electron chi connectivity index (χ4n) is 7.51. The molecule has 0 aliphatic carbocycles. The molecule has 4 aliphatic heterocycles. The van der Waals surface area contributed by atoms with Gasteiger partial charge in [-0.3, -0.25) is 0 Å². The first-order chi connectivity index (χ1) is 24.8. The van der Waals surface area contributed by atoms with Crippen LogP contribution >= 0.6 is 0 Å². The zero-order chi connectivity index (χ0) is 36.6. The highest BCUT2D eigenvalue weighted by Crippen LogP contribution is 2.31. The van der Waals surface area contributed by atoms with Crippen molar-refractivity contribution in [3.05, 3.63) is 96.3 Å². The van der Waals surface area contributed by atoms with Gasteiger partial charge in [-0.15, -0.1) is 0 Å². The normalized spacial score (nSPS) is 22.9. The van der Waals surface area contributed by atoms with Crippen LogP contribution in [-0.4, -0.2) is 70.7 Å². The molecule has 0 saturated carbocycles. The molecule has 52 heavy (non-hydrogen) atoms. The molecule has 4 atom stereocenters. The van der Waals surface area contributed by atoms with Gasteiger partial charge in [-0.05, 0) is 101 Å². The Labute approximate surface area is 307 Å². The lowest BCUT2D eigenvalue weighted by Crippen LogP contribution is -2.52. The van der Waals surface area contributed by atoms with Gasteiger partial charge in [-0.1, -0.05) is 72.8 Å². The minimum absolute atomic E-state index is 0.0266. The quantitative estimate of drug-likeness (QED) is 0.210. The SMILES string of the molecule is CC(C)(C)OC(=O)N1CCC[C@H]1C1NC=C(c2ccc(-c3ccc(-c4ccc(C5=CNC([C@@H]6CCCN6C(=O)OC(C)(C)C)N5)cc4)cc3)cc2)N1. The van der Waals surface area contributed by atoms with E-state index in [2.05, 4.69) is 94.1 Å². The van der Waals surface area contributed by atoms with Crippen molar-refractivity contribution in [1.29, 1.82) is 0 Å². The molecule has 4 aliphatic rings. The van der Waals surface area contributed by atoms with Gasteiger partial charge in [0.15, 0.2) is 0 Å². The number of carbonyl (C=O) groups is 2. The van der Waals surface area contributed by atoms with E-state index >= 15 is 0 Å². The van der Waals surface area contributed by atoms with E-state index in [0.717, 1.165) is 70.5 Å². The van der Waals surface area contributed by atoms with E-state index in [9.17, 15) is 9.59 Å². The van der Waals surface area contributed by atoms with Crippen LogP contribution in [0, 0.1) is 0 Å². The van der Waals surface area contributed by atoms with Crippen LogP contribution in [0.1, 0.15) is 78.4 Å². The predicted molar refractivity (Wildman–Crippen MR) is 205 cm³/mol. The third kappa shape index (κ3) is 7.86. The van der Waals surface area contributed by atoms with Crippen molar-refractivity contribution in [3.63, 3.8) is 0 Å². The number of nitrogens with zero attached hydrogens (tertiary/aromatic N) is 2. The zero-order valence-corrected chi connectivity index (χ0v) is 31.2. The first-order valence-electron chi connectivity index (χ1n) is 18.6. The molecule has 0 spiro atoms. The topological polar surface area (TPSA) is 107 Å². The Bertz CT molecular complexity index is 1690. The van der Waals surface area contributed by atoms with Gasteiger partial charge in [0.2, 0.25) is 0 Å². The summed E-state index contributed by atoms with van der Waals surface area (Å²) in [7, 11) is 0. The maximum Gasteiger partial charge on any atom is 0.410 e. The molecule has 0 bridgehead atoms. The average Bonchev–Trinajstić information content (AvgIpc) is 3.93. The summed E-state index contributed by atoms with van der Waals surface area (Å²) in [6, 6.07) is 25.9. The highest BCUT2D eigenvalue weighted by Gasteiger charge is 2.40. The maximum absolute atomic E-state index is 12.8. The number of hydrogen-bond acceptors (Lipinski definition) is 8. The van der Waals surface area contributed by atoms with Gasteiger partial charge in [0.1, 0.15) is 23.5 Å². The molecule has 2 saturated heterocycles. The smallest absolute Gasteiger partial charge is 0.410 e. The number of carbonyl (C=O) groups excluding carboxylic acids is 2. The first-order valence-corrected chi connectivity index (χ1v) is 18.6. The van der Waals surface area contributed by atoms with E-state index in [0.29, 0.717) is 13.1 Å². The Morgan fingerprint density at radius 2 is 0.846 bits per heavy atom. The fourth-order valence-corrected chi connectivity index (χ4v) is 7.51. The summed E-state index contributed by atoms with van der Waals surface area (Å²) in [5, 5.41) is 14.1. The number of ether oxygens (including phenoxy) is 2. The van der Waals surface area contributed by atoms with Gasteiger partial charge in [0.25, 0.3) is 0 Å². The van der Waals surface area contributed by atoms with Crippen LogP contribution in [0.25, 0.3) is 33.6 Å². The van der Waals surface area contributed by atoms with Crippen molar-refractivity contribution < 1.29 is 19.1 Å². The largest absolute Gasteiger partial charge is 0.444 e. The van der Waals surface area contributed by atoms with Crippen LogP contribution in [0.5, 0.6) is 0 Å². The third-order valence-electron chi connectivity index (χ3n) is 10.0. The predicted octanol–water partition coefficient (Wildman–Crippen LogP) is 7.45. The summed E-state index contributed by atoms with van der Waals surface area (Å²) in [6.45, 7) is 12.8. The van der Waals surface area contributed by atoms with Gasteiger partial charge in [-0.25, -0.2) is 9.59 Å². The van der Waals surface area contributed by atoms with Crippen LogP contribution in [0.4, 0.5) is 9.59 Å². The van der Waals surface area contributed by atoms with Crippen molar-refractivity contribution in [2.75, 3.05) is 13.1 Å².